The van der Waals surface area contributed by atoms with Crippen LogP contribution in [0.25, 0.3) is 0 Å². The Labute approximate surface area is 199 Å². The van der Waals surface area contributed by atoms with Gasteiger partial charge in [0, 0.05) is 30.5 Å². The number of carbonyl (C=O) groups excluding carboxylic acids is 3. The van der Waals surface area contributed by atoms with E-state index in [1.165, 1.54) is 0 Å². The molecular weight excluding hydrogens is 434 g/mol. The number of hydrogen-bond donors (Lipinski definition) is 3. The molecule has 3 N–H and O–H groups in total. The highest BCUT2D eigenvalue weighted by molar-refractivity contribution is 6.04. The number of anilines is 3. The zero-order chi connectivity index (χ0) is 23.9. The maximum Gasteiger partial charge on any atom is 0.253 e. The predicted molar refractivity (Wildman–Crippen MR) is 131 cm³/mol. The smallest absolute Gasteiger partial charge is 0.253 e. The van der Waals surface area contributed by atoms with Gasteiger partial charge in [0.15, 0.2) is 0 Å². The van der Waals surface area contributed by atoms with Crippen LogP contribution in [-0.4, -0.2) is 75.1 Å². The summed E-state index contributed by atoms with van der Waals surface area (Å²) in [6.07, 6.45) is 1.98. The second kappa shape index (κ2) is 11.1. The van der Waals surface area contributed by atoms with Crippen molar-refractivity contribution >= 4 is 34.8 Å². The lowest BCUT2D eigenvalue weighted by atomic mass is 10.1. The number of hydrogen-bond acceptors (Lipinski definition) is 6. The molecule has 3 amide bonds. The topological polar surface area (TPSA) is 103 Å². The van der Waals surface area contributed by atoms with Gasteiger partial charge in [0.2, 0.25) is 11.8 Å². The van der Waals surface area contributed by atoms with Crippen molar-refractivity contribution in [2.24, 2.45) is 0 Å². The summed E-state index contributed by atoms with van der Waals surface area (Å²) in [6, 6.07) is 14.9. The van der Waals surface area contributed by atoms with Crippen LogP contribution in [-0.2, 0) is 14.3 Å². The molecule has 9 nitrogen and oxygen atoms in total. The standard InChI is InChI=1S/C25H31N5O4/c1-29(16-23(31)26-18-8-10-20(11-9-18)30-12-14-34-15-13-30)17-24(32)28-22-5-3-2-4-21(22)25(33)27-19-6-7-19/h2-5,8-11,19H,6-7,12-17H2,1H3,(H,26,31)(H,27,33)(H,28,32). The van der Waals surface area contributed by atoms with Crippen LogP contribution in [0, 0.1) is 0 Å². The van der Waals surface area contributed by atoms with E-state index in [4.69, 9.17) is 4.74 Å². The second-order valence-corrected chi connectivity index (χ2v) is 8.71. The summed E-state index contributed by atoms with van der Waals surface area (Å²) in [6.45, 7) is 3.22. The fourth-order valence-electron chi connectivity index (χ4n) is 3.79. The highest BCUT2D eigenvalue weighted by Crippen LogP contribution is 2.22. The number of nitrogens with one attached hydrogen (secondary N) is 3. The molecule has 1 aliphatic heterocycles. The molecule has 2 aromatic carbocycles. The first-order valence-corrected chi connectivity index (χ1v) is 11.6. The molecular formula is C25H31N5O4. The Balaban J connectivity index is 1.24. The fraction of sp³-hybridized carbons (Fsp3) is 0.400. The highest BCUT2D eigenvalue weighted by atomic mass is 16.5. The molecule has 0 bridgehead atoms. The molecule has 2 fully saturated rings. The van der Waals surface area contributed by atoms with E-state index < -0.39 is 0 Å². The van der Waals surface area contributed by atoms with Gasteiger partial charge in [0.25, 0.3) is 5.91 Å². The summed E-state index contributed by atoms with van der Waals surface area (Å²) in [5, 5.41) is 8.59. The number of likely N-dealkylation sites (N-methyl/N-ethyl adjacent to an activating group) is 1. The number of morpholine rings is 1. The minimum absolute atomic E-state index is 0.0158. The van der Waals surface area contributed by atoms with Crippen LogP contribution in [0.15, 0.2) is 48.5 Å². The lowest BCUT2D eigenvalue weighted by Gasteiger charge is -2.28. The molecule has 2 aromatic rings. The molecule has 0 atom stereocenters. The van der Waals surface area contributed by atoms with Crippen LogP contribution in [0.1, 0.15) is 23.2 Å². The predicted octanol–water partition coefficient (Wildman–Crippen LogP) is 1.92. The van der Waals surface area contributed by atoms with Crippen LogP contribution in [0.2, 0.25) is 0 Å². The number of benzene rings is 2. The Hall–Kier alpha value is -3.43. The number of rotatable bonds is 9. The third kappa shape index (κ3) is 6.79. The van der Waals surface area contributed by atoms with E-state index in [0.717, 1.165) is 44.8 Å². The minimum Gasteiger partial charge on any atom is -0.378 e. The second-order valence-electron chi connectivity index (χ2n) is 8.71. The fourth-order valence-corrected chi connectivity index (χ4v) is 3.79. The van der Waals surface area contributed by atoms with Crippen molar-refractivity contribution in [2.45, 2.75) is 18.9 Å². The molecule has 1 saturated heterocycles. The van der Waals surface area contributed by atoms with Gasteiger partial charge >= 0.3 is 0 Å². The van der Waals surface area contributed by atoms with Gasteiger partial charge in [0.05, 0.1) is 37.6 Å². The normalized spacial score (nSPS) is 15.6. The van der Waals surface area contributed by atoms with Crippen molar-refractivity contribution in [3.8, 4) is 0 Å². The average Bonchev–Trinajstić information content (AvgIpc) is 3.64. The molecule has 0 unspecified atom stereocenters. The molecule has 0 radical (unpaired) electrons. The lowest BCUT2D eigenvalue weighted by Crippen LogP contribution is -2.36. The van der Waals surface area contributed by atoms with Crippen molar-refractivity contribution in [1.29, 1.82) is 0 Å². The largest absolute Gasteiger partial charge is 0.378 e. The Kier molecular flexibility index (Phi) is 7.76. The molecule has 9 heteroatoms. The van der Waals surface area contributed by atoms with Crippen LogP contribution < -0.4 is 20.9 Å². The molecule has 0 spiro atoms. The molecule has 180 valence electrons. The van der Waals surface area contributed by atoms with Crippen LogP contribution in [0.5, 0.6) is 0 Å². The Bertz CT molecular complexity index is 1020. The number of carbonyl (C=O) groups is 3. The molecule has 1 saturated carbocycles. The Morgan fingerprint density at radius 1 is 0.941 bits per heavy atom. The summed E-state index contributed by atoms with van der Waals surface area (Å²) in [5.74, 6) is -0.693. The summed E-state index contributed by atoms with van der Waals surface area (Å²) in [7, 11) is 1.70. The van der Waals surface area contributed by atoms with Gasteiger partial charge in [-0.2, -0.15) is 0 Å². The van der Waals surface area contributed by atoms with Gasteiger partial charge in [-0.3, -0.25) is 19.3 Å². The van der Waals surface area contributed by atoms with E-state index in [-0.39, 0.29) is 36.9 Å². The van der Waals surface area contributed by atoms with Crippen molar-refractivity contribution in [1.82, 2.24) is 10.2 Å². The van der Waals surface area contributed by atoms with E-state index in [0.29, 0.717) is 16.9 Å². The molecule has 2 aliphatic rings. The lowest BCUT2D eigenvalue weighted by molar-refractivity contribution is -0.119. The third-order valence-corrected chi connectivity index (χ3v) is 5.71. The van der Waals surface area contributed by atoms with Gasteiger partial charge in [-0.25, -0.2) is 0 Å². The van der Waals surface area contributed by atoms with Gasteiger partial charge in [-0.1, -0.05) is 12.1 Å². The van der Waals surface area contributed by atoms with E-state index in [9.17, 15) is 14.4 Å². The summed E-state index contributed by atoms with van der Waals surface area (Å²) in [5.41, 5.74) is 2.70. The summed E-state index contributed by atoms with van der Waals surface area (Å²) >= 11 is 0. The Morgan fingerprint density at radius 3 is 2.26 bits per heavy atom. The summed E-state index contributed by atoms with van der Waals surface area (Å²) in [4.78, 5) is 41.3. The van der Waals surface area contributed by atoms with Crippen molar-refractivity contribution in [3.63, 3.8) is 0 Å². The van der Waals surface area contributed by atoms with E-state index in [1.807, 2.05) is 24.3 Å². The third-order valence-electron chi connectivity index (χ3n) is 5.71. The first-order chi connectivity index (χ1) is 16.5. The molecule has 0 aromatic heterocycles. The Morgan fingerprint density at radius 2 is 1.59 bits per heavy atom. The number of nitrogens with zero attached hydrogens (tertiary/aromatic N) is 2. The first kappa shape index (κ1) is 23.7. The quantitative estimate of drug-likeness (QED) is 0.523. The van der Waals surface area contributed by atoms with Crippen molar-refractivity contribution in [3.05, 3.63) is 54.1 Å². The number of amides is 3. The molecule has 34 heavy (non-hydrogen) atoms. The van der Waals surface area contributed by atoms with E-state index >= 15 is 0 Å². The van der Waals surface area contributed by atoms with Crippen LogP contribution >= 0.6 is 0 Å². The van der Waals surface area contributed by atoms with Gasteiger partial charge in [0.1, 0.15) is 0 Å². The monoisotopic (exact) mass is 465 g/mol. The number of para-hydroxylation sites is 1. The maximum absolute atomic E-state index is 12.5. The van der Waals surface area contributed by atoms with Crippen molar-refractivity contribution in [2.75, 3.05) is 62.0 Å². The van der Waals surface area contributed by atoms with Crippen LogP contribution in [0.3, 0.4) is 0 Å². The van der Waals surface area contributed by atoms with Gasteiger partial charge in [-0.05, 0) is 56.3 Å². The van der Waals surface area contributed by atoms with E-state index in [2.05, 4.69) is 20.9 Å². The minimum atomic E-state index is -0.295. The number of ether oxygens (including phenoxy) is 1. The molecule has 4 rings (SSSR count). The molecule has 1 heterocycles. The zero-order valence-corrected chi connectivity index (χ0v) is 19.4. The maximum atomic E-state index is 12.5. The van der Waals surface area contributed by atoms with Crippen LogP contribution in [0.4, 0.5) is 17.1 Å². The SMILES string of the molecule is CN(CC(=O)Nc1ccc(N2CCOCC2)cc1)CC(=O)Nc1ccccc1C(=O)NC1CC1. The van der Waals surface area contributed by atoms with Gasteiger partial charge in [-0.15, -0.1) is 0 Å². The average molecular weight is 466 g/mol. The summed E-state index contributed by atoms with van der Waals surface area (Å²) < 4.78 is 5.38. The van der Waals surface area contributed by atoms with Crippen molar-refractivity contribution < 1.29 is 19.1 Å². The van der Waals surface area contributed by atoms with Gasteiger partial charge < -0.3 is 25.6 Å². The highest BCUT2D eigenvalue weighted by Gasteiger charge is 2.25. The molecule has 1 aliphatic carbocycles. The first-order valence-electron chi connectivity index (χ1n) is 11.6. The van der Waals surface area contributed by atoms with E-state index in [1.54, 1.807) is 36.2 Å². The zero-order valence-electron chi connectivity index (χ0n) is 19.4.